The minimum Gasteiger partial charge on any atom is -0.357 e. The molecular formula is C20H27FN4. The van der Waals surface area contributed by atoms with Crippen LogP contribution in [0.5, 0.6) is 0 Å². The van der Waals surface area contributed by atoms with Crippen molar-refractivity contribution >= 4 is 5.96 Å². The standard InChI is InChI=1S/C20H27FN4/c1-4-22-20(23-13-16-9-11-19(21)12-10-16)24-14-17-7-5-6-8-18(17)15-25(2)3/h5-12H,4,13-15H2,1-3H3,(H2,22,23,24). The van der Waals surface area contributed by atoms with Crippen LogP contribution in [0, 0.1) is 5.82 Å². The van der Waals surface area contributed by atoms with E-state index >= 15 is 0 Å². The second kappa shape index (κ2) is 9.79. The maximum Gasteiger partial charge on any atom is 0.191 e. The summed E-state index contributed by atoms with van der Waals surface area (Å²) in [6.07, 6.45) is 0. The Hall–Kier alpha value is -2.40. The van der Waals surface area contributed by atoms with Gasteiger partial charge in [-0.2, -0.15) is 0 Å². The molecule has 2 aromatic rings. The Kier molecular flexibility index (Phi) is 7.41. The molecule has 0 fully saturated rings. The highest BCUT2D eigenvalue weighted by molar-refractivity contribution is 5.79. The van der Waals surface area contributed by atoms with Gasteiger partial charge in [0.25, 0.3) is 0 Å². The Morgan fingerprint density at radius 2 is 1.68 bits per heavy atom. The maximum atomic E-state index is 13.0. The molecule has 0 aliphatic carbocycles. The van der Waals surface area contributed by atoms with E-state index in [0.29, 0.717) is 13.1 Å². The van der Waals surface area contributed by atoms with Crippen molar-refractivity contribution in [2.45, 2.75) is 26.6 Å². The summed E-state index contributed by atoms with van der Waals surface area (Å²) in [6, 6.07) is 14.8. The number of guanidine groups is 1. The highest BCUT2D eigenvalue weighted by Crippen LogP contribution is 2.10. The number of nitrogens with zero attached hydrogens (tertiary/aromatic N) is 2. The van der Waals surface area contributed by atoms with Gasteiger partial charge in [-0.05, 0) is 49.8 Å². The number of halogens is 1. The summed E-state index contributed by atoms with van der Waals surface area (Å²) in [6.45, 7) is 4.94. The van der Waals surface area contributed by atoms with Gasteiger partial charge >= 0.3 is 0 Å². The minimum absolute atomic E-state index is 0.227. The fourth-order valence-corrected chi connectivity index (χ4v) is 2.51. The summed E-state index contributed by atoms with van der Waals surface area (Å²) in [7, 11) is 4.14. The summed E-state index contributed by atoms with van der Waals surface area (Å²) in [4.78, 5) is 6.74. The molecule has 0 aromatic heterocycles. The van der Waals surface area contributed by atoms with Gasteiger partial charge in [0.1, 0.15) is 5.82 Å². The van der Waals surface area contributed by atoms with E-state index in [1.54, 1.807) is 12.1 Å². The summed E-state index contributed by atoms with van der Waals surface area (Å²) in [5, 5.41) is 6.63. The third-order valence-corrected chi connectivity index (χ3v) is 3.73. The van der Waals surface area contributed by atoms with Crippen LogP contribution in [0.15, 0.2) is 53.5 Å². The Labute approximate surface area is 149 Å². The first-order valence-corrected chi connectivity index (χ1v) is 8.56. The lowest BCUT2D eigenvalue weighted by atomic mass is 10.1. The van der Waals surface area contributed by atoms with Gasteiger partial charge in [0.2, 0.25) is 0 Å². The van der Waals surface area contributed by atoms with Gasteiger partial charge in [-0.3, -0.25) is 0 Å². The molecule has 134 valence electrons. The molecule has 0 saturated carbocycles. The lowest BCUT2D eigenvalue weighted by molar-refractivity contribution is 0.400. The van der Waals surface area contributed by atoms with Gasteiger partial charge in [0.15, 0.2) is 5.96 Å². The average Bonchev–Trinajstić information content (AvgIpc) is 2.59. The molecule has 0 unspecified atom stereocenters. The fraction of sp³-hybridized carbons (Fsp3) is 0.350. The number of benzene rings is 2. The van der Waals surface area contributed by atoms with Gasteiger partial charge in [0, 0.05) is 19.6 Å². The quantitative estimate of drug-likeness (QED) is 0.600. The Morgan fingerprint density at radius 3 is 2.32 bits per heavy atom. The van der Waals surface area contributed by atoms with Crippen LogP contribution < -0.4 is 10.6 Å². The molecule has 0 saturated heterocycles. The molecule has 2 N–H and O–H groups in total. The van der Waals surface area contributed by atoms with Crippen LogP contribution in [0.4, 0.5) is 4.39 Å². The number of nitrogens with one attached hydrogen (secondary N) is 2. The van der Waals surface area contributed by atoms with E-state index in [9.17, 15) is 4.39 Å². The van der Waals surface area contributed by atoms with E-state index in [4.69, 9.17) is 0 Å². The van der Waals surface area contributed by atoms with Gasteiger partial charge in [-0.15, -0.1) is 0 Å². The summed E-state index contributed by atoms with van der Waals surface area (Å²) in [5.74, 6) is 0.529. The lowest BCUT2D eigenvalue weighted by Gasteiger charge is -2.16. The first-order valence-electron chi connectivity index (χ1n) is 8.56. The zero-order valence-corrected chi connectivity index (χ0v) is 15.2. The van der Waals surface area contributed by atoms with Crippen LogP contribution in [-0.4, -0.2) is 31.5 Å². The Morgan fingerprint density at radius 1 is 1.00 bits per heavy atom. The number of aliphatic imine (C=N–C) groups is 1. The predicted octanol–water partition coefficient (Wildman–Crippen LogP) is 3.14. The van der Waals surface area contributed by atoms with E-state index in [1.165, 1.54) is 23.3 Å². The van der Waals surface area contributed by atoms with E-state index < -0.39 is 0 Å². The molecule has 0 spiro atoms. The van der Waals surface area contributed by atoms with E-state index in [1.807, 2.05) is 6.92 Å². The Bertz CT molecular complexity index is 680. The molecule has 2 rings (SSSR count). The van der Waals surface area contributed by atoms with Crippen molar-refractivity contribution in [3.05, 3.63) is 71.0 Å². The van der Waals surface area contributed by atoms with Crippen LogP contribution in [0.1, 0.15) is 23.6 Å². The van der Waals surface area contributed by atoms with Crippen molar-refractivity contribution in [2.75, 3.05) is 20.6 Å². The monoisotopic (exact) mass is 342 g/mol. The lowest BCUT2D eigenvalue weighted by Crippen LogP contribution is -2.37. The summed E-state index contributed by atoms with van der Waals surface area (Å²) < 4.78 is 13.0. The van der Waals surface area contributed by atoms with Crippen molar-refractivity contribution in [3.8, 4) is 0 Å². The normalized spacial score (nSPS) is 11.6. The van der Waals surface area contributed by atoms with Crippen LogP contribution >= 0.6 is 0 Å². The third-order valence-electron chi connectivity index (χ3n) is 3.73. The first kappa shape index (κ1) is 18.9. The van der Waals surface area contributed by atoms with Crippen LogP contribution in [-0.2, 0) is 19.6 Å². The largest absolute Gasteiger partial charge is 0.357 e. The topological polar surface area (TPSA) is 39.7 Å². The highest BCUT2D eigenvalue weighted by Gasteiger charge is 2.04. The first-order chi connectivity index (χ1) is 12.1. The van der Waals surface area contributed by atoms with Crippen molar-refractivity contribution in [1.29, 1.82) is 0 Å². The van der Waals surface area contributed by atoms with E-state index in [-0.39, 0.29) is 5.82 Å². The number of hydrogen-bond donors (Lipinski definition) is 2. The molecule has 5 heteroatoms. The van der Waals surface area contributed by atoms with Gasteiger partial charge in [0.05, 0.1) is 6.54 Å². The molecule has 0 heterocycles. The molecular weight excluding hydrogens is 315 g/mol. The Balaban J connectivity index is 2.01. The molecule has 2 aromatic carbocycles. The molecule has 0 atom stereocenters. The number of hydrogen-bond acceptors (Lipinski definition) is 2. The zero-order valence-electron chi connectivity index (χ0n) is 15.2. The summed E-state index contributed by atoms with van der Waals surface area (Å²) in [5.41, 5.74) is 3.53. The molecule has 0 radical (unpaired) electrons. The highest BCUT2D eigenvalue weighted by atomic mass is 19.1. The van der Waals surface area contributed by atoms with Crippen LogP contribution in [0.2, 0.25) is 0 Å². The van der Waals surface area contributed by atoms with Crippen LogP contribution in [0.25, 0.3) is 0 Å². The van der Waals surface area contributed by atoms with Crippen molar-refractivity contribution in [2.24, 2.45) is 4.99 Å². The van der Waals surface area contributed by atoms with Crippen LogP contribution in [0.3, 0.4) is 0 Å². The molecule has 25 heavy (non-hydrogen) atoms. The SMILES string of the molecule is CCNC(=NCc1ccc(F)cc1)NCc1ccccc1CN(C)C. The van der Waals surface area contributed by atoms with Crippen molar-refractivity contribution < 1.29 is 4.39 Å². The third kappa shape index (κ3) is 6.55. The van der Waals surface area contributed by atoms with E-state index in [0.717, 1.165) is 24.6 Å². The molecule has 0 bridgehead atoms. The number of rotatable bonds is 7. The fourth-order valence-electron chi connectivity index (χ4n) is 2.51. The predicted molar refractivity (Wildman–Crippen MR) is 102 cm³/mol. The average molecular weight is 342 g/mol. The smallest absolute Gasteiger partial charge is 0.191 e. The van der Waals surface area contributed by atoms with Gasteiger partial charge in [-0.25, -0.2) is 9.38 Å². The summed E-state index contributed by atoms with van der Waals surface area (Å²) >= 11 is 0. The second-order valence-electron chi connectivity index (χ2n) is 6.18. The van der Waals surface area contributed by atoms with Gasteiger partial charge < -0.3 is 15.5 Å². The molecule has 0 aliphatic rings. The van der Waals surface area contributed by atoms with Gasteiger partial charge in [-0.1, -0.05) is 36.4 Å². The van der Waals surface area contributed by atoms with Crippen molar-refractivity contribution in [3.63, 3.8) is 0 Å². The maximum absolute atomic E-state index is 13.0. The molecule has 4 nitrogen and oxygen atoms in total. The zero-order chi connectivity index (χ0) is 18.1. The molecule has 0 aliphatic heterocycles. The van der Waals surface area contributed by atoms with Crippen molar-refractivity contribution in [1.82, 2.24) is 15.5 Å². The minimum atomic E-state index is -0.227. The van der Waals surface area contributed by atoms with E-state index in [2.05, 4.69) is 58.9 Å². The second-order valence-corrected chi connectivity index (χ2v) is 6.18. The molecule has 0 amide bonds.